The lowest BCUT2D eigenvalue weighted by Crippen LogP contribution is -2.05. The first kappa shape index (κ1) is 14.0. The zero-order chi connectivity index (χ0) is 14.2. The molecule has 0 saturated heterocycles. The van der Waals surface area contributed by atoms with E-state index < -0.39 is 9.84 Å². The predicted molar refractivity (Wildman–Crippen MR) is 76.7 cm³/mol. The van der Waals surface area contributed by atoms with Crippen molar-refractivity contribution in [3.05, 3.63) is 45.1 Å². The van der Waals surface area contributed by atoms with E-state index in [4.69, 9.17) is 17.3 Å². The first-order valence-electron chi connectivity index (χ1n) is 5.17. The fourth-order valence-electron chi connectivity index (χ4n) is 1.55. The standard InChI is InChI=1S/C12H10ClNO3S2/c1-19(16,17)9-5-7(4-8(14)6-9)11(15)12-10(13)2-3-18-12/h2-6H,14H2,1H3. The molecule has 100 valence electrons. The lowest BCUT2D eigenvalue weighted by molar-refractivity contribution is 0.104. The molecule has 2 N–H and O–H groups in total. The van der Waals surface area contributed by atoms with Crippen LogP contribution in [0.25, 0.3) is 0 Å². The number of thiophene rings is 1. The van der Waals surface area contributed by atoms with E-state index in [9.17, 15) is 13.2 Å². The van der Waals surface area contributed by atoms with Gasteiger partial charge in [-0.3, -0.25) is 4.79 Å². The first-order chi connectivity index (χ1) is 8.79. The molecule has 4 nitrogen and oxygen atoms in total. The van der Waals surface area contributed by atoms with E-state index in [2.05, 4.69) is 0 Å². The molecule has 19 heavy (non-hydrogen) atoms. The van der Waals surface area contributed by atoms with E-state index in [0.29, 0.717) is 9.90 Å². The van der Waals surface area contributed by atoms with Crippen molar-refractivity contribution in [2.45, 2.75) is 4.90 Å². The quantitative estimate of drug-likeness (QED) is 0.697. The molecule has 1 aromatic carbocycles. The molecular weight excluding hydrogens is 306 g/mol. The number of carbonyl (C=O) groups is 1. The number of hydrogen-bond donors (Lipinski definition) is 1. The lowest BCUT2D eigenvalue weighted by atomic mass is 10.1. The van der Waals surface area contributed by atoms with Crippen LogP contribution < -0.4 is 5.73 Å². The van der Waals surface area contributed by atoms with Crippen LogP contribution in [0.3, 0.4) is 0 Å². The third-order valence-corrected chi connectivity index (χ3v) is 4.87. The Balaban J connectivity index is 2.55. The van der Waals surface area contributed by atoms with Gasteiger partial charge in [0.25, 0.3) is 0 Å². The van der Waals surface area contributed by atoms with Crippen LogP contribution in [-0.4, -0.2) is 20.5 Å². The minimum absolute atomic E-state index is 0.0172. The minimum atomic E-state index is -3.42. The van der Waals surface area contributed by atoms with Crippen molar-refractivity contribution in [1.82, 2.24) is 0 Å². The minimum Gasteiger partial charge on any atom is -0.399 e. The summed E-state index contributed by atoms with van der Waals surface area (Å²) in [6, 6.07) is 5.68. The molecule has 0 aliphatic carbocycles. The average molecular weight is 316 g/mol. The van der Waals surface area contributed by atoms with Crippen molar-refractivity contribution >= 4 is 44.2 Å². The molecule has 2 aromatic rings. The molecule has 0 aliphatic heterocycles. The number of rotatable bonds is 3. The number of ketones is 1. The molecule has 2 rings (SSSR count). The predicted octanol–water partition coefficient (Wildman–Crippen LogP) is 2.62. The third-order valence-electron chi connectivity index (χ3n) is 2.44. The van der Waals surface area contributed by atoms with E-state index in [1.807, 2.05) is 0 Å². The van der Waals surface area contributed by atoms with Gasteiger partial charge in [-0.2, -0.15) is 0 Å². The maximum absolute atomic E-state index is 12.2. The van der Waals surface area contributed by atoms with Crippen molar-refractivity contribution < 1.29 is 13.2 Å². The Morgan fingerprint density at radius 3 is 2.53 bits per heavy atom. The third kappa shape index (κ3) is 2.97. The van der Waals surface area contributed by atoms with Gasteiger partial charge in [0.05, 0.1) is 14.8 Å². The maximum atomic E-state index is 12.2. The van der Waals surface area contributed by atoms with Crippen LogP contribution in [-0.2, 0) is 9.84 Å². The SMILES string of the molecule is CS(=O)(=O)c1cc(N)cc(C(=O)c2sccc2Cl)c1. The Labute approximate surface area is 119 Å². The number of anilines is 1. The number of nitrogens with two attached hydrogens (primary N) is 1. The van der Waals surface area contributed by atoms with Crippen LogP contribution in [0.2, 0.25) is 5.02 Å². The van der Waals surface area contributed by atoms with Crippen LogP contribution >= 0.6 is 22.9 Å². The van der Waals surface area contributed by atoms with Crippen molar-refractivity contribution in [2.24, 2.45) is 0 Å². The molecule has 0 unspecified atom stereocenters. The van der Waals surface area contributed by atoms with Crippen LogP contribution in [0.1, 0.15) is 15.2 Å². The summed E-state index contributed by atoms with van der Waals surface area (Å²) in [5.41, 5.74) is 6.07. The summed E-state index contributed by atoms with van der Waals surface area (Å²) in [6.45, 7) is 0. The highest BCUT2D eigenvalue weighted by Gasteiger charge is 2.17. The van der Waals surface area contributed by atoms with Crippen molar-refractivity contribution in [1.29, 1.82) is 0 Å². The lowest BCUT2D eigenvalue weighted by Gasteiger charge is -2.05. The summed E-state index contributed by atoms with van der Waals surface area (Å²) in [5.74, 6) is -0.336. The van der Waals surface area contributed by atoms with E-state index in [-0.39, 0.29) is 21.9 Å². The topological polar surface area (TPSA) is 77.2 Å². The molecule has 0 fully saturated rings. The van der Waals surface area contributed by atoms with Crippen molar-refractivity contribution in [2.75, 3.05) is 12.0 Å². The Kier molecular flexibility index (Phi) is 3.66. The molecule has 7 heteroatoms. The number of halogens is 1. The van der Waals surface area contributed by atoms with Gasteiger partial charge in [0.1, 0.15) is 0 Å². The molecular formula is C12H10ClNO3S2. The molecule has 0 spiro atoms. The molecule has 0 aliphatic rings. The second-order valence-electron chi connectivity index (χ2n) is 3.99. The summed E-state index contributed by atoms with van der Waals surface area (Å²) < 4.78 is 23.0. The molecule has 1 aromatic heterocycles. The van der Waals surface area contributed by atoms with Gasteiger partial charge in [0, 0.05) is 17.5 Å². The van der Waals surface area contributed by atoms with Crippen LogP contribution in [0.5, 0.6) is 0 Å². The van der Waals surface area contributed by atoms with Crippen molar-refractivity contribution in [3.8, 4) is 0 Å². The van der Waals surface area contributed by atoms with Gasteiger partial charge in [-0.05, 0) is 29.6 Å². The molecule has 0 radical (unpaired) electrons. The number of sulfone groups is 1. The highest BCUT2D eigenvalue weighted by atomic mass is 35.5. The highest BCUT2D eigenvalue weighted by Crippen LogP contribution is 2.27. The largest absolute Gasteiger partial charge is 0.399 e. The Morgan fingerprint density at radius 2 is 2.00 bits per heavy atom. The molecule has 0 bridgehead atoms. The summed E-state index contributed by atoms with van der Waals surface area (Å²) in [4.78, 5) is 12.6. The van der Waals surface area contributed by atoms with Crippen LogP contribution in [0, 0.1) is 0 Å². The Morgan fingerprint density at radius 1 is 1.32 bits per heavy atom. The van der Waals surface area contributed by atoms with Crippen LogP contribution in [0.15, 0.2) is 34.5 Å². The van der Waals surface area contributed by atoms with Gasteiger partial charge in [0.2, 0.25) is 5.78 Å². The van der Waals surface area contributed by atoms with Crippen LogP contribution in [0.4, 0.5) is 5.69 Å². The summed E-state index contributed by atoms with van der Waals surface area (Å²) in [5, 5.41) is 2.04. The summed E-state index contributed by atoms with van der Waals surface area (Å²) in [6.07, 6.45) is 1.06. The van der Waals surface area contributed by atoms with Crippen molar-refractivity contribution in [3.63, 3.8) is 0 Å². The monoisotopic (exact) mass is 315 g/mol. The smallest absolute Gasteiger partial charge is 0.204 e. The van der Waals surface area contributed by atoms with Gasteiger partial charge in [-0.15, -0.1) is 11.3 Å². The Bertz CT molecular complexity index is 750. The average Bonchev–Trinajstić information content (AvgIpc) is 2.72. The normalized spacial score (nSPS) is 11.5. The number of nitrogen functional groups attached to an aromatic ring is 1. The Hall–Kier alpha value is -1.37. The highest BCUT2D eigenvalue weighted by molar-refractivity contribution is 7.90. The number of benzene rings is 1. The van der Waals surface area contributed by atoms with Gasteiger partial charge in [0.15, 0.2) is 9.84 Å². The molecule has 0 saturated carbocycles. The van der Waals surface area contributed by atoms with E-state index >= 15 is 0 Å². The number of carbonyl (C=O) groups excluding carboxylic acids is 1. The molecule has 0 amide bonds. The molecule has 0 atom stereocenters. The second-order valence-corrected chi connectivity index (χ2v) is 7.33. The number of hydrogen-bond acceptors (Lipinski definition) is 5. The first-order valence-corrected chi connectivity index (χ1v) is 8.32. The van der Waals surface area contributed by atoms with E-state index in [0.717, 1.165) is 6.26 Å². The summed E-state index contributed by atoms with van der Waals surface area (Å²) in [7, 11) is -3.42. The molecule has 1 heterocycles. The second kappa shape index (κ2) is 4.96. The van der Waals surface area contributed by atoms with E-state index in [1.165, 1.54) is 29.5 Å². The zero-order valence-corrected chi connectivity index (χ0v) is 12.3. The van der Waals surface area contributed by atoms with Gasteiger partial charge in [-0.1, -0.05) is 11.6 Å². The summed E-state index contributed by atoms with van der Waals surface area (Å²) >= 11 is 7.09. The maximum Gasteiger partial charge on any atom is 0.204 e. The fraction of sp³-hybridized carbons (Fsp3) is 0.0833. The van der Waals surface area contributed by atoms with Gasteiger partial charge in [-0.25, -0.2) is 8.42 Å². The van der Waals surface area contributed by atoms with E-state index in [1.54, 1.807) is 11.4 Å². The fourth-order valence-corrected chi connectivity index (χ4v) is 3.35. The zero-order valence-electron chi connectivity index (χ0n) is 9.88. The van der Waals surface area contributed by atoms with Gasteiger partial charge < -0.3 is 5.73 Å². The van der Waals surface area contributed by atoms with Gasteiger partial charge >= 0.3 is 0 Å².